The fourth-order valence-corrected chi connectivity index (χ4v) is 3.20. The summed E-state index contributed by atoms with van der Waals surface area (Å²) in [6, 6.07) is 10.2. The lowest BCUT2D eigenvalue weighted by atomic mass is 10.1. The first kappa shape index (κ1) is 17.1. The lowest BCUT2D eigenvalue weighted by Gasteiger charge is -2.08. The highest BCUT2D eigenvalue weighted by molar-refractivity contribution is 5.91. The van der Waals surface area contributed by atoms with Crippen LogP contribution in [-0.4, -0.2) is 25.0 Å². The van der Waals surface area contributed by atoms with Gasteiger partial charge in [0.2, 0.25) is 0 Å². The number of aromatic hydroxyl groups is 1. The molecule has 0 aliphatic rings. The van der Waals surface area contributed by atoms with Crippen molar-refractivity contribution in [2.45, 2.75) is 26.7 Å². The zero-order valence-electron chi connectivity index (χ0n) is 15.1. The number of aromatic amines is 1. The van der Waals surface area contributed by atoms with Crippen LogP contribution in [0.1, 0.15) is 22.6 Å². The van der Waals surface area contributed by atoms with Crippen molar-refractivity contribution in [1.29, 1.82) is 0 Å². The van der Waals surface area contributed by atoms with Crippen molar-refractivity contribution in [3.63, 3.8) is 0 Å². The number of aryl methyl sites for hydroxylation is 4. The molecule has 4 rings (SSSR count). The molecule has 0 radical (unpaired) electrons. The van der Waals surface area contributed by atoms with Gasteiger partial charge < -0.3 is 10.1 Å². The van der Waals surface area contributed by atoms with Crippen molar-refractivity contribution < 1.29 is 9.50 Å². The SMILES string of the molecule is Cc1nc2c(C)cc(-c3nccc(CCc4ccc(F)cc4)n3)c(O)c2[nH]1. The van der Waals surface area contributed by atoms with Crippen LogP contribution in [0.3, 0.4) is 0 Å². The van der Waals surface area contributed by atoms with Gasteiger partial charge >= 0.3 is 0 Å². The first-order valence-electron chi connectivity index (χ1n) is 8.77. The molecule has 2 aromatic carbocycles. The minimum atomic E-state index is -0.238. The van der Waals surface area contributed by atoms with Crippen LogP contribution >= 0.6 is 0 Å². The molecule has 136 valence electrons. The highest BCUT2D eigenvalue weighted by atomic mass is 19.1. The van der Waals surface area contributed by atoms with Crippen molar-refractivity contribution in [1.82, 2.24) is 19.9 Å². The lowest BCUT2D eigenvalue weighted by Crippen LogP contribution is -1.98. The van der Waals surface area contributed by atoms with Gasteiger partial charge in [-0.1, -0.05) is 12.1 Å². The number of halogens is 1. The Morgan fingerprint density at radius 1 is 1.04 bits per heavy atom. The van der Waals surface area contributed by atoms with Gasteiger partial charge in [-0.25, -0.2) is 19.3 Å². The summed E-state index contributed by atoms with van der Waals surface area (Å²) in [4.78, 5) is 16.5. The van der Waals surface area contributed by atoms with E-state index in [4.69, 9.17) is 0 Å². The molecule has 0 spiro atoms. The third-order valence-electron chi connectivity index (χ3n) is 4.59. The number of fused-ring (bicyclic) bond motifs is 1. The fourth-order valence-electron chi connectivity index (χ4n) is 3.20. The van der Waals surface area contributed by atoms with Crippen LogP contribution in [0.5, 0.6) is 5.75 Å². The number of rotatable bonds is 4. The first-order valence-corrected chi connectivity index (χ1v) is 8.77. The Labute approximate surface area is 156 Å². The third kappa shape index (κ3) is 3.38. The van der Waals surface area contributed by atoms with E-state index < -0.39 is 0 Å². The fraction of sp³-hybridized carbons (Fsp3) is 0.190. The van der Waals surface area contributed by atoms with Gasteiger partial charge in [0.25, 0.3) is 0 Å². The molecule has 27 heavy (non-hydrogen) atoms. The van der Waals surface area contributed by atoms with E-state index in [-0.39, 0.29) is 11.6 Å². The number of aromatic nitrogens is 4. The van der Waals surface area contributed by atoms with E-state index >= 15 is 0 Å². The van der Waals surface area contributed by atoms with E-state index in [0.717, 1.165) is 34.6 Å². The maximum absolute atomic E-state index is 13.0. The summed E-state index contributed by atoms with van der Waals surface area (Å²) in [5.41, 5.74) is 4.78. The van der Waals surface area contributed by atoms with Crippen molar-refractivity contribution in [3.8, 4) is 17.1 Å². The van der Waals surface area contributed by atoms with Crippen molar-refractivity contribution in [3.05, 3.63) is 71.1 Å². The molecule has 0 saturated heterocycles. The zero-order chi connectivity index (χ0) is 19.0. The average molecular weight is 362 g/mol. The number of nitrogens with one attached hydrogen (secondary N) is 1. The third-order valence-corrected chi connectivity index (χ3v) is 4.59. The molecule has 2 aromatic heterocycles. The molecule has 0 amide bonds. The quantitative estimate of drug-likeness (QED) is 0.569. The van der Waals surface area contributed by atoms with Crippen LogP contribution in [0.15, 0.2) is 42.6 Å². The molecular weight excluding hydrogens is 343 g/mol. The number of phenolic OH excluding ortho intramolecular Hbond substituents is 1. The normalized spacial score (nSPS) is 11.2. The summed E-state index contributed by atoms with van der Waals surface area (Å²) in [6.07, 6.45) is 3.15. The lowest BCUT2D eigenvalue weighted by molar-refractivity contribution is 0.482. The summed E-state index contributed by atoms with van der Waals surface area (Å²) in [6.45, 7) is 3.80. The van der Waals surface area contributed by atoms with Gasteiger partial charge in [-0.3, -0.25) is 0 Å². The molecule has 2 heterocycles. The molecule has 0 saturated carbocycles. The van der Waals surface area contributed by atoms with E-state index in [0.29, 0.717) is 23.3 Å². The van der Waals surface area contributed by atoms with Crippen molar-refractivity contribution >= 4 is 11.0 Å². The maximum atomic E-state index is 13.0. The van der Waals surface area contributed by atoms with E-state index in [1.165, 1.54) is 12.1 Å². The van der Waals surface area contributed by atoms with Gasteiger partial charge in [-0.15, -0.1) is 0 Å². The van der Waals surface area contributed by atoms with E-state index in [1.807, 2.05) is 26.0 Å². The largest absolute Gasteiger partial charge is 0.505 e. The molecule has 4 aromatic rings. The van der Waals surface area contributed by atoms with Gasteiger partial charge in [0.15, 0.2) is 11.6 Å². The molecule has 0 fully saturated rings. The monoisotopic (exact) mass is 362 g/mol. The predicted octanol–water partition coefficient (Wildman–Crippen LogP) is 4.27. The summed E-state index contributed by atoms with van der Waals surface area (Å²) in [5, 5.41) is 10.7. The minimum Gasteiger partial charge on any atom is -0.505 e. The molecule has 0 aliphatic heterocycles. The molecule has 0 unspecified atom stereocenters. The number of hydrogen-bond donors (Lipinski definition) is 2. The summed E-state index contributed by atoms with van der Waals surface area (Å²) in [5.74, 6) is 1.08. The van der Waals surface area contributed by atoms with Gasteiger partial charge in [-0.2, -0.15) is 0 Å². The minimum absolute atomic E-state index is 0.104. The molecule has 0 bridgehead atoms. The van der Waals surface area contributed by atoms with Gasteiger partial charge in [0.05, 0.1) is 11.1 Å². The zero-order valence-corrected chi connectivity index (χ0v) is 15.1. The predicted molar refractivity (Wildman–Crippen MR) is 102 cm³/mol. The second-order valence-electron chi connectivity index (χ2n) is 6.63. The van der Waals surface area contributed by atoms with Crippen LogP contribution < -0.4 is 0 Å². The smallest absolute Gasteiger partial charge is 0.163 e. The van der Waals surface area contributed by atoms with Crippen LogP contribution in [0, 0.1) is 19.7 Å². The maximum Gasteiger partial charge on any atom is 0.163 e. The van der Waals surface area contributed by atoms with Crippen LogP contribution in [0.25, 0.3) is 22.4 Å². The summed E-state index contributed by atoms with van der Waals surface area (Å²) >= 11 is 0. The standard InChI is InChI=1S/C21H19FN4O/c1-12-11-17(20(27)19-18(12)24-13(2)25-19)21-23-10-9-16(26-21)8-5-14-3-6-15(22)7-4-14/h3-4,6-7,9-11,27H,5,8H2,1-2H3,(H,24,25). The number of H-pyrrole nitrogens is 1. The Hall–Kier alpha value is -3.28. The van der Waals surface area contributed by atoms with E-state index in [2.05, 4.69) is 19.9 Å². The first-order chi connectivity index (χ1) is 13.0. The van der Waals surface area contributed by atoms with E-state index in [1.54, 1.807) is 18.3 Å². The average Bonchev–Trinajstić information content (AvgIpc) is 3.07. The van der Waals surface area contributed by atoms with Crippen LogP contribution in [-0.2, 0) is 12.8 Å². The number of nitrogens with zero attached hydrogens (tertiary/aromatic N) is 3. The van der Waals surface area contributed by atoms with Gasteiger partial charge in [0, 0.05) is 11.9 Å². The van der Waals surface area contributed by atoms with Crippen molar-refractivity contribution in [2.24, 2.45) is 0 Å². The number of benzene rings is 2. The molecule has 5 nitrogen and oxygen atoms in total. The van der Waals surface area contributed by atoms with Crippen LogP contribution in [0.2, 0.25) is 0 Å². The Morgan fingerprint density at radius 3 is 2.59 bits per heavy atom. The Morgan fingerprint density at radius 2 is 1.81 bits per heavy atom. The van der Waals surface area contributed by atoms with Crippen molar-refractivity contribution in [2.75, 3.05) is 0 Å². The second kappa shape index (κ2) is 6.79. The Bertz CT molecular complexity index is 1120. The van der Waals surface area contributed by atoms with Gasteiger partial charge in [0.1, 0.15) is 17.2 Å². The number of imidazole rings is 1. The highest BCUT2D eigenvalue weighted by Crippen LogP contribution is 2.35. The molecule has 0 aliphatic carbocycles. The van der Waals surface area contributed by atoms with E-state index in [9.17, 15) is 9.50 Å². The Kier molecular flexibility index (Phi) is 4.32. The Balaban J connectivity index is 1.65. The second-order valence-corrected chi connectivity index (χ2v) is 6.63. The molecule has 6 heteroatoms. The molecular formula is C21H19FN4O. The summed E-state index contributed by atoms with van der Waals surface area (Å²) in [7, 11) is 0. The molecule has 2 N–H and O–H groups in total. The summed E-state index contributed by atoms with van der Waals surface area (Å²) < 4.78 is 13.0. The van der Waals surface area contributed by atoms with Gasteiger partial charge in [-0.05, 0) is 62.1 Å². The number of phenols is 1. The number of hydrogen-bond acceptors (Lipinski definition) is 4. The highest BCUT2D eigenvalue weighted by Gasteiger charge is 2.16. The van der Waals surface area contributed by atoms with Crippen LogP contribution in [0.4, 0.5) is 4.39 Å². The topological polar surface area (TPSA) is 74.7 Å². The molecule has 0 atom stereocenters.